The molecule has 2 N–H and O–H groups in total. The van der Waals surface area contributed by atoms with Gasteiger partial charge in [-0.3, -0.25) is 0 Å². The van der Waals surface area contributed by atoms with Crippen LogP contribution in [0.2, 0.25) is 0 Å². The first-order valence-electron chi connectivity index (χ1n) is 5.42. The largest absolute Gasteiger partial charge is 0.508 e. The van der Waals surface area contributed by atoms with Crippen LogP contribution in [-0.2, 0) is 6.42 Å². The van der Waals surface area contributed by atoms with Crippen molar-refractivity contribution < 1.29 is 5.11 Å². The van der Waals surface area contributed by atoms with Crippen molar-refractivity contribution in [3.8, 4) is 17.0 Å². The summed E-state index contributed by atoms with van der Waals surface area (Å²) in [4.78, 5) is 4.41. The fourth-order valence-corrected chi connectivity index (χ4v) is 1.45. The molecule has 0 atom stereocenters. The molecule has 0 fully saturated rings. The quantitative estimate of drug-likeness (QED) is 0.820. The zero-order valence-corrected chi connectivity index (χ0v) is 9.59. The van der Waals surface area contributed by atoms with Crippen LogP contribution in [0.1, 0.15) is 5.82 Å². The number of phenols is 1. The maximum Gasteiger partial charge on any atom is 0.152 e. The molecule has 1 aromatic carbocycles. The van der Waals surface area contributed by atoms with Gasteiger partial charge in [0.25, 0.3) is 0 Å². The molecule has 1 heterocycles. The Morgan fingerprint density at radius 1 is 1.24 bits per heavy atom. The van der Waals surface area contributed by atoms with Crippen LogP contribution in [0.3, 0.4) is 0 Å². The van der Waals surface area contributed by atoms with E-state index in [4.69, 9.17) is 0 Å². The molecule has 0 aliphatic heterocycles. The van der Waals surface area contributed by atoms with Gasteiger partial charge in [0.15, 0.2) is 5.82 Å². The van der Waals surface area contributed by atoms with Gasteiger partial charge in [-0.25, -0.2) is 4.98 Å². The van der Waals surface area contributed by atoms with Gasteiger partial charge in [-0.05, 0) is 31.3 Å². The van der Waals surface area contributed by atoms with Crippen LogP contribution in [0.25, 0.3) is 11.3 Å². The van der Waals surface area contributed by atoms with E-state index in [1.165, 1.54) is 0 Å². The average molecular weight is 230 g/mol. The fraction of sp³-hybridized carbons (Fsp3) is 0.250. The molecular weight excluding hydrogens is 216 g/mol. The van der Waals surface area contributed by atoms with E-state index in [0.717, 1.165) is 24.2 Å². The molecule has 5 heteroatoms. The first-order chi connectivity index (χ1) is 8.29. The summed E-state index contributed by atoms with van der Waals surface area (Å²) in [6.45, 7) is 0.820. The van der Waals surface area contributed by atoms with Crippen LogP contribution in [0.5, 0.6) is 5.75 Å². The van der Waals surface area contributed by atoms with E-state index in [1.54, 1.807) is 30.5 Å². The Kier molecular flexibility index (Phi) is 3.62. The molecule has 0 radical (unpaired) electrons. The van der Waals surface area contributed by atoms with Crippen molar-refractivity contribution in [1.82, 2.24) is 20.5 Å². The smallest absolute Gasteiger partial charge is 0.152 e. The molecule has 17 heavy (non-hydrogen) atoms. The molecule has 0 saturated heterocycles. The highest BCUT2D eigenvalue weighted by molar-refractivity contribution is 5.58. The van der Waals surface area contributed by atoms with Crippen LogP contribution < -0.4 is 5.32 Å². The van der Waals surface area contributed by atoms with Crippen molar-refractivity contribution in [1.29, 1.82) is 0 Å². The van der Waals surface area contributed by atoms with Gasteiger partial charge in [-0.1, -0.05) is 0 Å². The van der Waals surface area contributed by atoms with E-state index in [1.807, 2.05) is 7.05 Å². The van der Waals surface area contributed by atoms with Crippen molar-refractivity contribution in [3.05, 3.63) is 36.3 Å². The van der Waals surface area contributed by atoms with Crippen molar-refractivity contribution >= 4 is 0 Å². The summed E-state index contributed by atoms with van der Waals surface area (Å²) in [7, 11) is 1.89. The molecule has 1 aromatic heterocycles. The topological polar surface area (TPSA) is 70.9 Å². The molecular formula is C12H14N4O. The molecule has 0 bridgehead atoms. The van der Waals surface area contributed by atoms with E-state index < -0.39 is 0 Å². The second kappa shape index (κ2) is 5.36. The minimum Gasteiger partial charge on any atom is -0.508 e. The van der Waals surface area contributed by atoms with Crippen molar-refractivity contribution in [3.63, 3.8) is 0 Å². The third-order valence-electron chi connectivity index (χ3n) is 2.36. The van der Waals surface area contributed by atoms with Crippen LogP contribution in [0.4, 0.5) is 0 Å². The number of likely N-dealkylation sites (N-methyl/N-ethyl adjacent to an activating group) is 1. The minimum atomic E-state index is 0.242. The summed E-state index contributed by atoms with van der Waals surface area (Å²) in [5, 5.41) is 20.2. The van der Waals surface area contributed by atoms with Crippen LogP contribution >= 0.6 is 0 Å². The maximum atomic E-state index is 9.22. The van der Waals surface area contributed by atoms with Crippen LogP contribution in [-0.4, -0.2) is 33.9 Å². The first kappa shape index (κ1) is 11.5. The number of benzene rings is 1. The van der Waals surface area contributed by atoms with E-state index in [2.05, 4.69) is 20.5 Å². The van der Waals surface area contributed by atoms with Crippen LogP contribution in [0.15, 0.2) is 30.5 Å². The van der Waals surface area contributed by atoms with Gasteiger partial charge in [-0.15, -0.1) is 5.10 Å². The predicted molar refractivity (Wildman–Crippen MR) is 64.6 cm³/mol. The maximum absolute atomic E-state index is 9.22. The third kappa shape index (κ3) is 2.98. The molecule has 2 aromatic rings. The second-order valence-electron chi connectivity index (χ2n) is 3.66. The third-order valence-corrected chi connectivity index (χ3v) is 2.36. The van der Waals surface area contributed by atoms with Crippen molar-refractivity contribution in [2.45, 2.75) is 6.42 Å². The average Bonchev–Trinajstić information content (AvgIpc) is 2.37. The van der Waals surface area contributed by atoms with Gasteiger partial charge >= 0.3 is 0 Å². The van der Waals surface area contributed by atoms with Crippen molar-refractivity contribution in [2.75, 3.05) is 13.6 Å². The van der Waals surface area contributed by atoms with Crippen LogP contribution in [0, 0.1) is 0 Å². The van der Waals surface area contributed by atoms with Gasteiger partial charge in [0.2, 0.25) is 0 Å². The fourth-order valence-electron chi connectivity index (χ4n) is 1.45. The molecule has 0 aliphatic rings. The highest BCUT2D eigenvalue weighted by Gasteiger charge is 2.03. The molecule has 0 aliphatic carbocycles. The van der Waals surface area contributed by atoms with E-state index in [-0.39, 0.29) is 5.75 Å². The monoisotopic (exact) mass is 230 g/mol. The molecule has 88 valence electrons. The summed E-state index contributed by atoms with van der Waals surface area (Å²) in [5.41, 5.74) is 1.69. The number of phenolic OH excluding ortho intramolecular Hbond substituents is 1. The number of hydrogen-bond donors (Lipinski definition) is 2. The molecule has 5 nitrogen and oxygen atoms in total. The Morgan fingerprint density at radius 3 is 2.71 bits per heavy atom. The summed E-state index contributed by atoms with van der Waals surface area (Å²) in [6, 6.07) is 6.87. The van der Waals surface area contributed by atoms with Gasteiger partial charge in [-0.2, -0.15) is 5.10 Å². The lowest BCUT2D eigenvalue weighted by atomic mass is 10.1. The number of rotatable bonds is 4. The first-order valence-corrected chi connectivity index (χ1v) is 5.42. The molecule has 0 spiro atoms. The highest BCUT2D eigenvalue weighted by Crippen LogP contribution is 2.18. The van der Waals surface area contributed by atoms with E-state index >= 15 is 0 Å². The summed E-state index contributed by atoms with van der Waals surface area (Å²) < 4.78 is 0. The molecule has 0 amide bonds. The number of aromatic hydroxyl groups is 1. The second-order valence-corrected chi connectivity index (χ2v) is 3.66. The summed E-state index contributed by atoms with van der Waals surface area (Å²) in [5.74, 6) is 0.955. The Morgan fingerprint density at radius 2 is 2.00 bits per heavy atom. The van der Waals surface area contributed by atoms with Gasteiger partial charge in [0.1, 0.15) is 5.75 Å². The van der Waals surface area contributed by atoms with Gasteiger partial charge < -0.3 is 10.4 Å². The molecule has 0 saturated carbocycles. The number of hydrogen-bond acceptors (Lipinski definition) is 5. The number of nitrogens with one attached hydrogen (secondary N) is 1. The van der Waals surface area contributed by atoms with E-state index in [0.29, 0.717) is 5.82 Å². The zero-order chi connectivity index (χ0) is 12.1. The normalized spacial score (nSPS) is 10.4. The Hall–Kier alpha value is -2.01. The molecule has 2 rings (SSSR count). The standard InChI is InChI=1S/C12H14N4O/c1-13-7-6-12-15-11(8-14-16-12)9-2-4-10(17)5-3-9/h2-5,8,13,17H,6-7H2,1H3. The summed E-state index contributed by atoms with van der Waals surface area (Å²) in [6.07, 6.45) is 2.37. The Labute approximate surface area is 99.6 Å². The lowest BCUT2D eigenvalue weighted by Crippen LogP contribution is -2.12. The number of nitrogens with zero attached hydrogens (tertiary/aromatic N) is 3. The summed E-state index contributed by atoms with van der Waals surface area (Å²) >= 11 is 0. The van der Waals surface area contributed by atoms with Gasteiger partial charge in [0, 0.05) is 18.5 Å². The SMILES string of the molecule is CNCCc1nncc(-c2ccc(O)cc2)n1. The Balaban J connectivity index is 2.23. The van der Waals surface area contributed by atoms with E-state index in [9.17, 15) is 5.11 Å². The highest BCUT2D eigenvalue weighted by atomic mass is 16.3. The lowest BCUT2D eigenvalue weighted by Gasteiger charge is -2.03. The van der Waals surface area contributed by atoms with Gasteiger partial charge in [0.05, 0.1) is 11.9 Å². The molecule has 0 unspecified atom stereocenters. The van der Waals surface area contributed by atoms with Crippen molar-refractivity contribution in [2.24, 2.45) is 0 Å². The number of aromatic nitrogens is 3. The lowest BCUT2D eigenvalue weighted by molar-refractivity contribution is 0.475. The predicted octanol–water partition coefficient (Wildman–Crippen LogP) is 1.01. The Bertz CT molecular complexity index is 484. The zero-order valence-electron chi connectivity index (χ0n) is 9.59. The minimum absolute atomic E-state index is 0.242.